The number of aliphatic imine (C=N–C) groups is 1. The molecule has 2 unspecified atom stereocenters. The van der Waals surface area contributed by atoms with Gasteiger partial charge in [-0.25, -0.2) is 14.8 Å². The van der Waals surface area contributed by atoms with Crippen molar-refractivity contribution in [2.24, 2.45) is 10.7 Å². The molecule has 1 aliphatic carbocycles. The van der Waals surface area contributed by atoms with Crippen LogP contribution < -0.4 is 5.73 Å². The normalized spacial score (nSPS) is 33.6. The standard InChI is InChI=1S/C13H14N4O3/c1-6-5-20-10-3-13(10)7-2-8(11(18)19)15-4-9(7)16-12(14)17(6)13/h2,4,6,10H,3,5H2,1H3,(H2,14,16)(H,18,19)/t6-,10?,13?/m1/s1. The fraction of sp³-hybridized carbons (Fsp3) is 0.462. The van der Waals surface area contributed by atoms with Gasteiger partial charge < -0.3 is 20.5 Å². The van der Waals surface area contributed by atoms with E-state index in [1.807, 2.05) is 6.92 Å². The SMILES string of the molecule is C[C@@H]1COC2CC23c2cc(C(=O)O)ncc2N=C(N)N13. The summed E-state index contributed by atoms with van der Waals surface area (Å²) in [4.78, 5) is 21.5. The summed E-state index contributed by atoms with van der Waals surface area (Å²) in [5.41, 5.74) is 7.25. The first kappa shape index (κ1) is 11.7. The Balaban J connectivity index is 1.92. The molecule has 20 heavy (non-hydrogen) atoms. The first-order chi connectivity index (χ1) is 9.54. The summed E-state index contributed by atoms with van der Waals surface area (Å²) < 4.78 is 5.81. The van der Waals surface area contributed by atoms with Gasteiger partial charge in [0.25, 0.3) is 0 Å². The van der Waals surface area contributed by atoms with Crippen LogP contribution in [0.25, 0.3) is 0 Å². The van der Waals surface area contributed by atoms with Gasteiger partial charge in [0.1, 0.15) is 5.69 Å². The summed E-state index contributed by atoms with van der Waals surface area (Å²) in [6.45, 7) is 2.64. The van der Waals surface area contributed by atoms with E-state index in [4.69, 9.17) is 15.6 Å². The van der Waals surface area contributed by atoms with Crippen LogP contribution in [-0.4, -0.2) is 45.7 Å². The number of pyridine rings is 1. The van der Waals surface area contributed by atoms with Gasteiger partial charge in [0.15, 0.2) is 5.96 Å². The molecule has 104 valence electrons. The minimum atomic E-state index is -1.04. The minimum Gasteiger partial charge on any atom is -0.477 e. The number of hydrogen-bond acceptors (Lipinski definition) is 6. The first-order valence-electron chi connectivity index (χ1n) is 6.53. The third-order valence-corrected chi connectivity index (χ3v) is 4.33. The Kier molecular flexibility index (Phi) is 2.03. The average molecular weight is 274 g/mol. The molecule has 2 fully saturated rings. The van der Waals surface area contributed by atoms with Crippen molar-refractivity contribution in [2.75, 3.05) is 6.61 Å². The van der Waals surface area contributed by atoms with Crippen molar-refractivity contribution in [3.8, 4) is 0 Å². The van der Waals surface area contributed by atoms with Gasteiger partial charge in [-0.1, -0.05) is 0 Å². The topological polar surface area (TPSA) is 101 Å². The molecule has 3 N–H and O–H groups in total. The number of aromatic carboxylic acids is 1. The van der Waals surface area contributed by atoms with Crippen molar-refractivity contribution in [2.45, 2.75) is 31.0 Å². The number of nitrogens with zero attached hydrogens (tertiary/aromatic N) is 3. The van der Waals surface area contributed by atoms with Crippen LogP contribution in [0.4, 0.5) is 5.69 Å². The Morgan fingerprint density at radius 2 is 2.45 bits per heavy atom. The van der Waals surface area contributed by atoms with E-state index in [0.717, 1.165) is 12.0 Å². The van der Waals surface area contributed by atoms with E-state index in [9.17, 15) is 4.79 Å². The number of morpholine rings is 1. The zero-order valence-electron chi connectivity index (χ0n) is 10.9. The van der Waals surface area contributed by atoms with Gasteiger partial charge in [-0.05, 0) is 13.0 Å². The first-order valence-corrected chi connectivity index (χ1v) is 6.53. The second-order valence-corrected chi connectivity index (χ2v) is 5.53. The fourth-order valence-corrected chi connectivity index (χ4v) is 3.42. The summed E-state index contributed by atoms with van der Waals surface area (Å²) >= 11 is 0. The Hall–Kier alpha value is -2.15. The molecule has 3 heterocycles. The Bertz CT molecular complexity index is 659. The lowest BCUT2D eigenvalue weighted by atomic mass is 9.96. The van der Waals surface area contributed by atoms with Crippen molar-refractivity contribution in [1.82, 2.24) is 9.88 Å². The number of fused-ring (bicyclic) bond motifs is 1. The van der Waals surface area contributed by atoms with Gasteiger partial charge in [0.2, 0.25) is 0 Å². The van der Waals surface area contributed by atoms with Crippen LogP contribution in [0.5, 0.6) is 0 Å². The smallest absolute Gasteiger partial charge is 0.354 e. The summed E-state index contributed by atoms with van der Waals surface area (Å²) in [6.07, 6.45) is 2.34. The largest absolute Gasteiger partial charge is 0.477 e. The highest BCUT2D eigenvalue weighted by Gasteiger charge is 2.66. The summed E-state index contributed by atoms with van der Waals surface area (Å²) in [7, 11) is 0. The van der Waals surface area contributed by atoms with E-state index < -0.39 is 5.97 Å². The van der Waals surface area contributed by atoms with Crippen molar-refractivity contribution >= 4 is 17.6 Å². The zero-order chi connectivity index (χ0) is 14.1. The van der Waals surface area contributed by atoms with E-state index >= 15 is 0 Å². The molecule has 1 aromatic rings. The molecule has 1 aromatic heterocycles. The molecule has 2 aliphatic heterocycles. The number of hydrogen-bond donors (Lipinski definition) is 2. The Morgan fingerprint density at radius 3 is 3.20 bits per heavy atom. The van der Waals surface area contributed by atoms with Gasteiger partial charge in [-0.2, -0.15) is 0 Å². The minimum absolute atomic E-state index is 0.0256. The van der Waals surface area contributed by atoms with Crippen LogP contribution in [0, 0.1) is 0 Å². The summed E-state index contributed by atoms with van der Waals surface area (Å²) in [5, 5.41) is 9.12. The lowest BCUT2D eigenvalue weighted by Crippen LogP contribution is -2.57. The van der Waals surface area contributed by atoms with E-state index in [2.05, 4.69) is 14.9 Å². The van der Waals surface area contributed by atoms with Gasteiger partial charge in [-0.3, -0.25) is 0 Å². The van der Waals surface area contributed by atoms with Gasteiger partial charge in [-0.15, -0.1) is 0 Å². The third kappa shape index (κ3) is 1.25. The van der Waals surface area contributed by atoms with E-state index in [0.29, 0.717) is 18.3 Å². The van der Waals surface area contributed by atoms with Crippen LogP contribution in [-0.2, 0) is 10.3 Å². The molecule has 1 saturated carbocycles. The fourth-order valence-electron chi connectivity index (χ4n) is 3.42. The van der Waals surface area contributed by atoms with Gasteiger partial charge >= 0.3 is 5.97 Å². The van der Waals surface area contributed by atoms with E-state index in [-0.39, 0.29) is 23.4 Å². The van der Waals surface area contributed by atoms with Crippen LogP contribution in [0.1, 0.15) is 29.4 Å². The van der Waals surface area contributed by atoms with E-state index in [1.54, 1.807) is 6.07 Å². The van der Waals surface area contributed by atoms with Crippen molar-refractivity contribution < 1.29 is 14.6 Å². The molecule has 0 aromatic carbocycles. The molecule has 4 rings (SSSR count). The second kappa shape index (κ2) is 3.49. The molecule has 1 saturated heterocycles. The highest BCUT2D eigenvalue weighted by atomic mass is 16.5. The zero-order valence-corrected chi connectivity index (χ0v) is 10.9. The number of carboxylic acid groups (broad SMARTS) is 1. The van der Waals surface area contributed by atoms with Crippen LogP contribution in [0.2, 0.25) is 0 Å². The average Bonchev–Trinajstić information content (AvgIpc) is 3.12. The van der Waals surface area contributed by atoms with Gasteiger partial charge in [0, 0.05) is 12.0 Å². The number of carbonyl (C=O) groups is 1. The molecule has 3 atom stereocenters. The molecule has 7 nitrogen and oxygen atoms in total. The Labute approximate surface area is 115 Å². The molecular formula is C13H14N4O3. The van der Waals surface area contributed by atoms with Crippen molar-refractivity contribution in [3.63, 3.8) is 0 Å². The lowest BCUT2D eigenvalue weighted by molar-refractivity contribution is -0.0131. The van der Waals surface area contributed by atoms with Crippen LogP contribution >= 0.6 is 0 Å². The number of nitrogens with two attached hydrogens (primary N) is 1. The molecule has 1 spiro atoms. The predicted molar refractivity (Wildman–Crippen MR) is 69.8 cm³/mol. The van der Waals surface area contributed by atoms with Gasteiger partial charge in [0.05, 0.1) is 36.2 Å². The summed E-state index contributed by atoms with van der Waals surface area (Å²) in [5.74, 6) is -0.582. The van der Waals surface area contributed by atoms with E-state index in [1.165, 1.54) is 6.20 Å². The Morgan fingerprint density at radius 1 is 1.65 bits per heavy atom. The molecule has 0 radical (unpaired) electrons. The molecule has 7 heteroatoms. The van der Waals surface area contributed by atoms with Crippen molar-refractivity contribution in [3.05, 3.63) is 23.5 Å². The third-order valence-electron chi connectivity index (χ3n) is 4.33. The quantitative estimate of drug-likeness (QED) is 0.770. The molecule has 0 amide bonds. The molecule has 0 bridgehead atoms. The second-order valence-electron chi connectivity index (χ2n) is 5.53. The van der Waals surface area contributed by atoms with Crippen LogP contribution in [0.15, 0.2) is 17.3 Å². The number of guanidine groups is 1. The van der Waals surface area contributed by atoms with Crippen LogP contribution in [0.3, 0.4) is 0 Å². The maximum absolute atomic E-state index is 11.1. The lowest BCUT2D eigenvalue weighted by Gasteiger charge is -2.44. The molecular weight excluding hydrogens is 260 g/mol. The monoisotopic (exact) mass is 274 g/mol. The number of carboxylic acids is 1. The number of aromatic nitrogens is 1. The number of ether oxygens (including phenoxy) is 1. The maximum atomic E-state index is 11.1. The summed E-state index contributed by atoms with van der Waals surface area (Å²) in [6, 6.07) is 1.72. The van der Waals surface area contributed by atoms with Crippen molar-refractivity contribution in [1.29, 1.82) is 0 Å². The predicted octanol–water partition coefficient (Wildman–Crippen LogP) is 0.428. The maximum Gasteiger partial charge on any atom is 0.354 e. The molecule has 3 aliphatic rings. The number of rotatable bonds is 1. The highest BCUT2D eigenvalue weighted by Crippen LogP contribution is 2.59. The highest BCUT2D eigenvalue weighted by molar-refractivity contribution is 5.89.